The summed E-state index contributed by atoms with van der Waals surface area (Å²) in [4.78, 5) is 13.1. The van der Waals surface area contributed by atoms with Crippen LogP contribution in [0.5, 0.6) is 0 Å². The van der Waals surface area contributed by atoms with E-state index >= 15 is 0 Å². The lowest BCUT2D eigenvalue weighted by Gasteiger charge is -2.21. The molecule has 0 aliphatic carbocycles. The number of nitrogens with zero attached hydrogens (tertiary/aromatic N) is 4. The molecule has 6 nitrogen and oxygen atoms in total. The summed E-state index contributed by atoms with van der Waals surface area (Å²) in [6.45, 7) is 0. The van der Waals surface area contributed by atoms with E-state index in [2.05, 4.69) is 10.3 Å². The Morgan fingerprint density at radius 1 is 1.57 bits per heavy atom. The Morgan fingerprint density at radius 3 is 2.71 bits per heavy atom. The molecule has 1 saturated heterocycles. The van der Waals surface area contributed by atoms with Gasteiger partial charge in [0, 0.05) is 26.6 Å². The number of rotatable bonds is 1. The number of aryl methyl sites for hydroxylation is 1. The summed E-state index contributed by atoms with van der Waals surface area (Å²) in [5.74, 6) is 0.0729. The van der Waals surface area contributed by atoms with E-state index in [1.54, 1.807) is 29.9 Å². The first-order valence-electron chi connectivity index (χ1n) is 4.47. The van der Waals surface area contributed by atoms with Gasteiger partial charge in [-0.3, -0.25) is 9.48 Å². The molecule has 1 aromatic heterocycles. The molecule has 6 heteroatoms. The molecular formula is C8H13N5O. The predicted octanol–water partition coefficient (Wildman–Crippen LogP) is -0.954. The maximum Gasteiger partial charge on any atom is 0.224 e. The average Bonchev–Trinajstić information content (AvgIpc) is 2.60. The number of likely N-dealkylation sites (N-methyl/N-ethyl adjacent to an activating group) is 1. The topological polar surface area (TPSA) is 77.0 Å². The van der Waals surface area contributed by atoms with Crippen molar-refractivity contribution < 1.29 is 4.79 Å². The quantitative estimate of drug-likeness (QED) is 0.626. The number of likely N-dealkylation sites (tertiary alicyclic amines) is 1. The molecule has 2 atom stereocenters. The van der Waals surface area contributed by atoms with Crippen LogP contribution in [0.15, 0.2) is 6.20 Å². The summed E-state index contributed by atoms with van der Waals surface area (Å²) in [7, 11) is 3.55. The van der Waals surface area contributed by atoms with Crippen molar-refractivity contribution >= 4 is 5.91 Å². The third kappa shape index (κ3) is 1.19. The molecule has 2 N–H and O–H groups in total. The number of hydrogen-bond donors (Lipinski definition) is 1. The number of hydrogen-bond acceptors (Lipinski definition) is 4. The van der Waals surface area contributed by atoms with E-state index in [1.165, 1.54) is 0 Å². The molecule has 0 unspecified atom stereocenters. The van der Waals surface area contributed by atoms with Crippen molar-refractivity contribution in [1.82, 2.24) is 19.9 Å². The summed E-state index contributed by atoms with van der Waals surface area (Å²) < 4.78 is 1.65. The highest BCUT2D eigenvalue weighted by Crippen LogP contribution is 2.29. The number of amides is 1. The van der Waals surface area contributed by atoms with Gasteiger partial charge in [-0.05, 0) is 0 Å². The first kappa shape index (κ1) is 9.14. The molecule has 1 aromatic rings. The summed E-state index contributed by atoms with van der Waals surface area (Å²) in [5, 5.41) is 7.61. The zero-order valence-corrected chi connectivity index (χ0v) is 8.21. The highest BCUT2D eigenvalue weighted by Gasteiger charge is 2.37. The summed E-state index contributed by atoms with van der Waals surface area (Å²) >= 11 is 0. The highest BCUT2D eigenvalue weighted by molar-refractivity contribution is 5.79. The number of aromatic nitrogens is 3. The molecule has 1 fully saturated rings. The van der Waals surface area contributed by atoms with E-state index in [9.17, 15) is 4.79 Å². The van der Waals surface area contributed by atoms with Gasteiger partial charge in [-0.1, -0.05) is 5.21 Å². The first-order chi connectivity index (χ1) is 6.61. The van der Waals surface area contributed by atoms with Crippen LogP contribution in [0.4, 0.5) is 0 Å². The van der Waals surface area contributed by atoms with Crippen molar-refractivity contribution in [2.24, 2.45) is 12.8 Å². The molecule has 2 rings (SSSR count). The van der Waals surface area contributed by atoms with Crippen molar-refractivity contribution in [3.05, 3.63) is 11.9 Å². The summed E-state index contributed by atoms with van der Waals surface area (Å²) in [6.07, 6.45) is 2.05. The lowest BCUT2D eigenvalue weighted by atomic mass is 10.1. The van der Waals surface area contributed by atoms with Crippen molar-refractivity contribution in [3.63, 3.8) is 0 Å². The fraction of sp³-hybridized carbons (Fsp3) is 0.625. The molecular weight excluding hydrogens is 182 g/mol. The van der Waals surface area contributed by atoms with Crippen LogP contribution in [-0.4, -0.2) is 38.9 Å². The molecule has 2 heterocycles. The van der Waals surface area contributed by atoms with E-state index in [-0.39, 0.29) is 18.0 Å². The largest absolute Gasteiger partial charge is 0.335 e. The van der Waals surface area contributed by atoms with Gasteiger partial charge in [0.25, 0.3) is 0 Å². The van der Waals surface area contributed by atoms with E-state index in [1.807, 2.05) is 0 Å². The fourth-order valence-corrected chi connectivity index (χ4v) is 1.88. The van der Waals surface area contributed by atoms with Gasteiger partial charge in [0.2, 0.25) is 5.91 Å². The first-order valence-corrected chi connectivity index (χ1v) is 4.47. The van der Waals surface area contributed by atoms with E-state index < -0.39 is 0 Å². The van der Waals surface area contributed by atoms with Crippen molar-refractivity contribution in [2.75, 3.05) is 7.05 Å². The number of carbonyl (C=O) groups excluding carboxylic acids is 1. The lowest BCUT2D eigenvalue weighted by Crippen LogP contribution is -2.31. The molecule has 0 saturated carbocycles. The maximum absolute atomic E-state index is 11.4. The van der Waals surface area contributed by atoms with Crippen LogP contribution < -0.4 is 5.73 Å². The molecule has 14 heavy (non-hydrogen) atoms. The van der Waals surface area contributed by atoms with Crippen molar-refractivity contribution in [2.45, 2.75) is 18.5 Å². The van der Waals surface area contributed by atoms with Crippen LogP contribution >= 0.6 is 0 Å². The maximum atomic E-state index is 11.4. The van der Waals surface area contributed by atoms with Crippen LogP contribution in [0.3, 0.4) is 0 Å². The van der Waals surface area contributed by atoms with E-state index in [4.69, 9.17) is 5.73 Å². The molecule has 1 aliphatic rings. The van der Waals surface area contributed by atoms with E-state index in [0.29, 0.717) is 6.42 Å². The molecule has 1 amide bonds. The van der Waals surface area contributed by atoms with Gasteiger partial charge in [0.15, 0.2) is 0 Å². The number of nitrogens with two attached hydrogens (primary N) is 1. The molecule has 76 valence electrons. The number of carbonyl (C=O) groups is 1. The second kappa shape index (κ2) is 3.06. The Kier molecular flexibility index (Phi) is 1.99. The Balaban J connectivity index is 2.35. The minimum absolute atomic E-state index is 0.0729. The standard InChI is InChI=1S/C8H13N5O/c1-12-7(14)3-5(9)8(12)6-4-10-11-13(6)2/h4-5,8H,3,9H2,1-2H3/t5-,8-/m1/s1. The second-order valence-corrected chi connectivity index (χ2v) is 3.60. The minimum Gasteiger partial charge on any atom is -0.335 e. The predicted molar refractivity (Wildman–Crippen MR) is 49.1 cm³/mol. The van der Waals surface area contributed by atoms with Gasteiger partial charge >= 0.3 is 0 Å². The third-order valence-corrected chi connectivity index (χ3v) is 2.68. The highest BCUT2D eigenvalue weighted by atomic mass is 16.2. The summed E-state index contributed by atoms with van der Waals surface area (Å²) in [5.41, 5.74) is 6.77. The molecule has 0 radical (unpaired) electrons. The lowest BCUT2D eigenvalue weighted by molar-refractivity contribution is -0.127. The van der Waals surface area contributed by atoms with Crippen LogP contribution in [0.1, 0.15) is 18.2 Å². The Bertz CT molecular complexity index is 360. The molecule has 0 bridgehead atoms. The summed E-state index contributed by atoms with van der Waals surface area (Å²) in [6, 6.07) is -0.257. The Morgan fingerprint density at radius 2 is 2.29 bits per heavy atom. The second-order valence-electron chi connectivity index (χ2n) is 3.60. The zero-order valence-electron chi connectivity index (χ0n) is 8.21. The van der Waals surface area contributed by atoms with Gasteiger partial charge in [-0.2, -0.15) is 0 Å². The average molecular weight is 195 g/mol. The molecule has 1 aliphatic heterocycles. The van der Waals surface area contributed by atoms with Crippen molar-refractivity contribution in [1.29, 1.82) is 0 Å². The van der Waals surface area contributed by atoms with Gasteiger partial charge in [-0.25, -0.2) is 0 Å². The molecule has 0 aromatic carbocycles. The smallest absolute Gasteiger partial charge is 0.224 e. The van der Waals surface area contributed by atoms with Gasteiger partial charge in [0.1, 0.15) is 0 Å². The van der Waals surface area contributed by atoms with Gasteiger partial charge in [-0.15, -0.1) is 5.10 Å². The normalized spacial score (nSPS) is 27.4. The van der Waals surface area contributed by atoms with Crippen LogP contribution in [0.25, 0.3) is 0 Å². The zero-order chi connectivity index (χ0) is 10.3. The van der Waals surface area contributed by atoms with Crippen LogP contribution in [-0.2, 0) is 11.8 Å². The van der Waals surface area contributed by atoms with Crippen LogP contribution in [0, 0.1) is 0 Å². The fourth-order valence-electron chi connectivity index (χ4n) is 1.88. The Hall–Kier alpha value is -1.43. The van der Waals surface area contributed by atoms with Gasteiger partial charge < -0.3 is 10.6 Å². The van der Waals surface area contributed by atoms with Crippen LogP contribution in [0.2, 0.25) is 0 Å². The molecule has 0 spiro atoms. The Labute approximate surface area is 81.7 Å². The third-order valence-electron chi connectivity index (χ3n) is 2.68. The van der Waals surface area contributed by atoms with Gasteiger partial charge in [0.05, 0.1) is 17.9 Å². The minimum atomic E-state index is -0.162. The monoisotopic (exact) mass is 195 g/mol. The van der Waals surface area contributed by atoms with E-state index in [0.717, 1.165) is 5.69 Å². The van der Waals surface area contributed by atoms with Crippen molar-refractivity contribution in [3.8, 4) is 0 Å². The SMILES string of the molecule is CN1C(=O)C[C@@H](N)[C@@H]1c1cnnn1C.